The van der Waals surface area contributed by atoms with Crippen LogP contribution in [0.1, 0.15) is 31.7 Å². The fraction of sp³-hybridized carbons (Fsp3) is 0.455. The van der Waals surface area contributed by atoms with Crippen LogP contribution < -0.4 is 5.73 Å². The molecule has 0 bridgehead atoms. The van der Waals surface area contributed by atoms with Crippen molar-refractivity contribution in [2.45, 2.75) is 32.2 Å². The maximum atomic E-state index is 6.00. The molecule has 2 atom stereocenters. The van der Waals surface area contributed by atoms with Crippen molar-refractivity contribution in [2.75, 3.05) is 0 Å². The van der Waals surface area contributed by atoms with Gasteiger partial charge in [0.15, 0.2) is 0 Å². The van der Waals surface area contributed by atoms with E-state index in [0.717, 1.165) is 10.9 Å². The van der Waals surface area contributed by atoms with Crippen molar-refractivity contribution in [3.8, 4) is 0 Å². The van der Waals surface area contributed by atoms with Gasteiger partial charge in [-0.25, -0.2) is 0 Å². The summed E-state index contributed by atoms with van der Waals surface area (Å²) in [5, 5.41) is 0. The third kappa shape index (κ3) is 2.55. The molecule has 1 aromatic rings. The van der Waals surface area contributed by atoms with Gasteiger partial charge in [0.2, 0.25) is 0 Å². The summed E-state index contributed by atoms with van der Waals surface area (Å²) in [6, 6.07) is 8.52. The molecular formula is C11H16BrN. The van der Waals surface area contributed by atoms with E-state index in [0.29, 0.717) is 5.92 Å². The monoisotopic (exact) mass is 241 g/mol. The zero-order valence-electron chi connectivity index (χ0n) is 8.13. The first kappa shape index (κ1) is 10.7. The van der Waals surface area contributed by atoms with E-state index in [2.05, 4.69) is 48.0 Å². The molecule has 0 aliphatic carbocycles. The van der Waals surface area contributed by atoms with Gasteiger partial charge in [0, 0.05) is 10.5 Å². The van der Waals surface area contributed by atoms with Gasteiger partial charge in [-0.15, -0.1) is 0 Å². The van der Waals surface area contributed by atoms with Crippen LogP contribution in [-0.2, 0) is 0 Å². The lowest BCUT2D eigenvalue weighted by Gasteiger charge is -2.19. The van der Waals surface area contributed by atoms with E-state index in [1.165, 1.54) is 5.56 Å². The summed E-state index contributed by atoms with van der Waals surface area (Å²) in [5.41, 5.74) is 7.30. The first-order valence-corrected chi connectivity index (χ1v) is 5.46. The van der Waals surface area contributed by atoms with E-state index in [1.807, 2.05) is 6.07 Å². The minimum Gasteiger partial charge on any atom is -0.327 e. The minimum absolute atomic E-state index is 0.249. The molecule has 0 spiro atoms. The smallest absolute Gasteiger partial charge is 0.0210 e. The quantitative estimate of drug-likeness (QED) is 0.864. The van der Waals surface area contributed by atoms with Crippen LogP contribution in [-0.4, -0.2) is 6.04 Å². The molecule has 1 rings (SSSR count). The average Bonchev–Trinajstić information content (AvgIpc) is 2.16. The summed E-state index contributed by atoms with van der Waals surface area (Å²) in [5.74, 6) is 0.417. The first-order chi connectivity index (χ1) is 6.16. The Morgan fingerprint density at radius 1 is 1.38 bits per heavy atom. The highest BCUT2D eigenvalue weighted by atomic mass is 79.9. The number of hydrogen-bond acceptors (Lipinski definition) is 1. The third-order valence-corrected chi connectivity index (χ3v) is 3.23. The normalized spacial score (nSPS) is 15.4. The van der Waals surface area contributed by atoms with Crippen LogP contribution in [0.25, 0.3) is 0 Å². The lowest BCUT2D eigenvalue weighted by atomic mass is 9.92. The number of rotatable bonds is 3. The Hall–Kier alpha value is -0.340. The van der Waals surface area contributed by atoms with Gasteiger partial charge in [-0.2, -0.15) is 0 Å². The van der Waals surface area contributed by atoms with Crippen molar-refractivity contribution in [3.63, 3.8) is 0 Å². The molecule has 0 radical (unpaired) electrons. The molecule has 1 aromatic carbocycles. The van der Waals surface area contributed by atoms with Gasteiger partial charge in [-0.1, -0.05) is 48.0 Å². The summed E-state index contributed by atoms with van der Waals surface area (Å²) < 4.78 is 1.16. The second kappa shape index (κ2) is 4.77. The molecule has 0 heterocycles. The highest BCUT2D eigenvalue weighted by Crippen LogP contribution is 2.26. The molecule has 2 unspecified atom stereocenters. The molecular weight excluding hydrogens is 226 g/mol. The Balaban J connectivity index is 2.88. The zero-order valence-corrected chi connectivity index (χ0v) is 9.71. The molecule has 2 heteroatoms. The Bertz CT molecular complexity index is 273. The second-order valence-electron chi connectivity index (χ2n) is 3.38. The lowest BCUT2D eigenvalue weighted by Crippen LogP contribution is -2.25. The molecule has 0 saturated carbocycles. The Morgan fingerprint density at radius 2 is 2.00 bits per heavy atom. The molecule has 13 heavy (non-hydrogen) atoms. The Morgan fingerprint density at radius 3 is 2.54 bits per heavy atom. The molecule has 0 fully saturated rings. The van der Waals surface area contributed by atoms with Gasteiger partial charge >= 0.3 is 0 Å². The minimum atomic E-state index is 0.249. The van der Waals surface area contributed by atoms with E-state index in [4.69, 9.17) is 5.73 Å². The first-order valence-electron chi connectivity index (χ1n) is 4.66. The third-order valence-electron chi connectivity index (χ3n) is 2.51. The van der Waals surface area contributed by atoms with Crippen LogP contribution in [0.3, 0.4) is 0 Å². The maximum absolute atomic E-state index is 6.00. The van der Waals surface area contributed by atoms with E-state index >= 15 is 0 Å². The molecule has 0 aliphatic rings. The zero-order chi connectivity index (χ0) is 9.84. The SMILES string of the molecule is CCC(N)C(C)c1ccccc1Br. The van der Waals surface area contributed by atoms with E-state index < -0.39 is 0 Å². The van der Waals surface area contributed by atoms with Crippen LogP contribution in [0, 0.1) is 0 Å². The predicted octanol–water partition coefficient (Wildman–Crippen LogP) is 3.29. The maximum Gasteiger partial charge on any atom is 0.0210 e. The predicted molar refractivity (Wildman–Crippen MR) is 60.8 cm³/mol. The number of nitrogens with two attached hydrogens (primary N) is 1. The highest BCUT2D eigenvalue weighted by Gasteiger charge is 2.14. The standard InChI is InChI=1S/C11H16BrN/c1-3-11(13)8(2)9-6-4-5-7-10(9)12/h4-8,11H,3,13H2,1-2H3. The van der Waals surface area contributed by atoms with Crippen molar-refractivity contribution >= 4 is 15.9 Å². The highest BCUT2D eigenvalue weighted by molar-refractivity contribution is 9.10. The second-order valence-corrected chi connectivity index (χ2v) is 4.24. The topological polar surface area (TPSA) is 26.0 Å². The summed E-state index contributed by atoms with van der Waals surface area (Å²) in [6.45, 7) is 4.30. The molecule has 72 valence electrons. The summed E-state index contributed by atoms with van der Waals surface area (Å²) in [7, 11) is 0. The lowest BCUT2D eigenvalue weighted by molar-refractivity contribution is 0.550. The van der Waals surface area contributed by atoms with Gasteiger partial charge in [0.05, 0.1) is 0 Å². The fourth-order valence-electron chi connectivity index (χ4n) is 1.43. The van der Waals surface area contributed by atoms with Crippen LogP contribution >= 0.6 is 15.9 Å². The van der Waals surface area contributed by atoms with Gasteiger partial charge in [0.25, 0.3) is 0 Å². The van der Waals surface area contributed by atoms with Crippen LogP contribution in [0.15, 0.2) is 28.7 Å². The molecule has 0 amide bonds. The van der Waals surface area contributed by atoms with Crippen LogP contribution in [0.5, 0.6) is 0 Å². The molecule has 0 saturated heterocycles. The summed E-state index contributed by atoms with van der Waals surface area (Å²) in [6.07, 6.45) is 1.02. The number of benzene rings is 1. The average molecular weight is 242 g/mol. The van der Waals surface area contributed by atoms with Gasteiger partial charge < -0.3 is 5.73 Å². The van der Waals surface area contributed by atoms with Gasteiger partial charge in [-0.3, -0.25) is 0 Å². The molecule has 2 N–H and O–H groups in total. The van der Waals surface area contributed by atoms with E-state index in [1.54, 1.807) is 0 Å². The van der Waals surface area contributed by atoms with Crippen LogP contribution in [0.4, 0.5) is 0 Å². The van der Waals surface area contributed by atoms with E-state index in [9.17, 15) is 0 Å². The van der Waals surface area contributed by atoms with Crippen molar-refractivity contribution in [2.24, 2.45) is 5.73 Å². The van der Waals surface area contributed by atoms with Crippen molar-refractivity contribution in [1.29, 1.82) is 0 Å². The summed E-state index contributed by atoms with van der Waals surface area (Å²) >= 11 is 3.54. The molecule has 0 aromatic heterocycles. The Labute approximate surface area is 88.5 Å². The summed E-state index contributed by atoms with van der Waals surface area (Å²) in [4.78, 5) is 0. The van der Waals surface area contributed by atoms with E-state index in [-0.39, 0.29) is 6.04 Å². The van der Waals surface area contributed by atoms with Crippen molar-refractivity contribution < 1.29 is 0 Å². The van der Waals surface area contributed by atoms with Crippen molar-refractivity contribution in [3.05, 3.63) is 34.3 Å². The van der Waals surface area contributed by atoms with Gasteiger partial charge in [-0.05, 0) is 24.0 Å². The number of hydrogen-bond donors (Lipinski definition) is 1. The number of halogens is 1. The Kier molecular flexibility index (Phi) is 3.94. The fourth-order valence-corrected chi connectivity index (χ4v) is 2.07. The molecule has 0 aliphatic heterocycles. The largest absolute Gasteiger partial charge is 0.327 e. The molecule has 1 nitrogen and oxygen atoms in total. The van der Waals surface area contributed by atoms with Crippen LogP contribution in [0.2, 0.25) is 0 Å². The van der Waals surface area contributed by atoms with Gasteiger partial charge in [0.1, 0.15) is 0 Å². The van der Waals surface area contributed by atoms with Crippen molar-refractivity contribution in [1.82, 2.24) is 0 Å².